The highest BCUT2D eigenvalue weighted by atomic mass is 19.1. The number of hydrogen-bond acceptors (Lipinski definition) is 3. The Balaban J connectivity index is 1.93. The number of Topliss-reactive ketones (excluding diaryl/α,β-unsaturated/α-hetero) is 1. The van der Waals surface area contributed by atoms with Gasteiger partial charge in [-0.15, -0.1) is 0 Å². The minimum atomic E-state index is -0.443. The second-order valence-electron chi connectivity index (χ2n) is 6.81. The van der Waals surface area contributed by atoms with Gasteiger partial charge in [0.15, 0.2) is 5.78 Å². The lowest BCUT2D eigenvalue weighted by Crippen LogP contribution is -2.37. The molecule has 0 bridgehead atoms. The lowest BCUT2D eigenvalue weighted by Gasteiger charge is -2.23. The van der Waals surface area contributed by atoms with Crippen molar-refractivity contribution in [3.05, 3.63) is 63.3 Å². The van der Waals surface area contributed by atoms with E-state index in [9.17, 15) is 18.8 Å². The van der Waals surface area contributed by atoms with Gasteiger partial charge in [-0.25, -0.2) is 4.39 Å². The van der Waals surface area contributed by atoms with Crippen LogP contribution in [0, 0.1) is 5.82 Å². The molecule has 6 heteroatoms. The van der Waals surface area contributed by atoms with Crippen LogP contribution in [0.4, 0.5) is 4.39 Å². The third kappa shape index (κ3) is 2.75. The molecule has 0 spiro atoms. The van der Waals surface area contributed by atoms with Crippen LogP contribution in [0.15, 0.2) is 35.1 Å². The van der Waals surface area contributed by atoms with Gasteiger partial charge >= 0.3 is 0 Å². The van der Waals surface area contributed by atoms with E-state index in [0.29, 0.717) is 49.3 Å². The maximum Gasteiger partial charge on any atom is 0.268 e. The summed E-state index contributed by atoms with van der Waals surface area (Å²) in [5.74, 6) is -0.793. The van der Waals surface area contributed by atoms with Gasteiger partial charge < -0.3 is 4.90 Å². The molecule has 0 atom stereocenters. The van der Waals surface area contributed by atoms with E-state index in [1.807, 2.05) is 0 Å². The highest BCUT2D eigenvalue weighted by Gasteiger charge is 2.29. The minimum absolute atomic E-state index is 0.0187. The summed E-state index contributed by atoms with van der Waals surface area (Å²) < 4.78 is 14.7. The Morgan fingerprint density at radius 3 is 2.35 bits per heavy atom. The van der Waals surface area contributed by atoms with E-state index in [1.54, 1.807) is 4.90 Å². The van der Waals surface area contributed by atoms with Gasteiger partial charge in [-0.1, -0.05) is 0 Å². The van der Waals surface area contributed by atoms with E-state index >= 15 is 0 Å². The summed E-state index contributed by atoms with van der Waals surface area (Å²) in [7, 11) is 0. The van der Waals surface area contributed by atoms with E-state index in [1.165, 1.54) is 34.9 Å². The number of hydrogen-bond donors (Lipinski definition) is 0. The fourth-order valence-electron chi connectivity index (χ4n) is 3.80. The number of amides is 1. The van der Waals surface area contributed by atoms with Crippen molar-refractivity contribution in [3.8, 4) is 5.69 Å². The van der Waals surface area contributed by atoms with Crippen LogP contribution < -0.4 is 5.56 Å². The molecule has 1 aromatic carbocycles. The number of rotatable bonds is 2. The Morgan fingerprint density at radius 2 is 1.65 bits per heavy atom. The predicted molar refractivity (Wildman–Crippen MR) is 94.4 cm³/mol. The Hall–Kier alpha value is -2.76. The molecule has 2 heterocycles. The van der Waals surface area contributed by atoms with E-state index < -0.39 is 11.4 Å². The third-order valence-electron chi connectivity index (χ3n) is 5.13. The Bertz CT molecular complexity index is 941. The number of nitrogens with zero attached hydrogens (tertiary/aromatic N) is 2. The summed E-state index contributed by atoms with van der Waals surface area (Å²) in [6.07, 6.45) is 3.48. The molecule has 2 aromatic rings. The zero-order chi connectivity index (χ0) is 18.3. The molecule has 26 heavy (non-hydrogen) atoms. The predicted octanol–water partition coefficient (Wildman–Crippen LogP) is 2.73. The Kier molecular flexibility index (Phi) is 4.18. The molecule has 4 rings (SSSR count). The molecular weight excluding hydrogens is 335 g/mol. The number of carbonyl (C=O) groups is 2. The van der Waals surface area contributed by atoms with Crippen LogP contribution >= 0.6 is 0 Å². The van der Waals surface area contributed by atoms with Crippen LogP contribution in [-0.2, 0) is 6.42 Å². The normalized spacial score (nSPS) is 16.7. The van der Waals surface area contributed by atoms with Gasteiger partial charge in [0.2, 0.25) is 0 Å². The molecule has 0 saturated carbocycles. The topological polar surface area (TPSA) is 59.4 Å². The van der Waals surface area contributed by atoms with Crippen LogP contribution in [0.25, 0.3) is 5.69 Å². The highest BCUT2D eigenvalue weighted by Crippen LogP contribution is 2.24. The molecule has 1 saturated heterocycles. The first kappa shape index (κ1) is 16.7. The summed E-state index contributed by atoms with van der Waals surface area (Å²) in [6, 6.07) is 7.02. The van der Waals surface area contributed by atoms with Crippen molar-refractivity contribution in [3.63, 3.8) is 0 Å². The molecule has 2 aliphatic rings. The molecule has 1 aliphatic heterocycles. The van der Waals surface area contributed by atoms with Crippen LogP contribution in [-0.4, -0.2) is 34.2 Å². The smallest absolute Gasteiger partial charge is 0.268 e. The van der Waals surface area contributed by atoms with Gasteiger partial charge in [-0.2, -0.15) is 0 Å². The minimum Gasteiger partial charge on any atom is -0.338 e. The van der Waals surface area contributed by atoms with E-state index in [2.05, 4.69) is 0 Å². The average molecular weight is 354 g/mol. The standard InChI is InChI=1S/C20H19FN2O3/c21-13-6-8-14(9-7-13)23-17-4-3-5-18(24)15(17)12-16(20(23)26)19(25)22-10-1-2-11-22/h6-9,12H,1-5,10-11H2. The van der Waals surface area contributed by atoms with Gasteiger partial charge in [0.25, 0.3) is 11.5 Å². The van der Waals surface area contributed by atoms with Crippen LogP contribution in [0.2, 0.25) is 0 Å². The number of likely N-dealkylation sites (tertiary alicyclic amines) is 1. The molecule has 1 aliphatic carbocycles. The number of carbonyl (C=O) groups excluding carboxylic acids is 2. The fourth-order valence-corrected chi connectivity index (χ4v) is 3.80. The van der Waals surface area contributed by atoms with E-state index in [0.717, 1.165) is 12.8 Å². The van der Waals surface area contributed by atoms with Crippen molar-refractivity contribution in [1.82, 2.24) is 9.47 Å². The molecule has 0 unspecified atom stereocenters. The first-order valence-corrected chi connectivity index (χ1v) is 8.93. The Labute approximate surface area is 150 Å². The molecule has 5 nitrogen and oxygen atoms in total. The summed E-state index contributed by atoms with van der Waals surface area (Å²) >= 11 is 0. The largest absolute Gasteiger partial charge is 0.338 e. The van der Waals surface area contributed by atoms with Crippen molar-refractivity contribution in [2.45, 2.75) is 32.1 Å². The van der Waals surface area contributed by atoms with Crippen molar-refractivity contribution in [2.75, 3.05) is 13.1 Å². The summed E-state index contributed by atoms with van der Waals surface area (Å²) in [6.45, 7) is 1.25. The monoisotopic (exact) mass is 354 g/mol. The molecule has 1 fully saturated rings. The average Bonchev–Trinajstić information content (AvgIpc) is 3.17. The van der Waals surface area contributed by atoms with Gasteiger partial charge in [0.05, 0.1) is 0 Å². The molecule has 134 valence electrons. The quantitative estimate of drug-likeness (QED) is 0.833. The summed E-state index contributed by atoms with van der Waals surface area (Å²) in [5.41, 5.74) is 1.09. The maximum absolute atomic E-state index is 13.3. The second kappa shape index (κ2) is 6.52. The number of halogens is 1. The van der Waals surface area contributed by atoms with Gasteiger partial charge in [-0.3, -0.25) is 19.0 Å². The fraction of sp³-hybridized carbons (Fsp3) is 0.350. The molecule has 1 aromatic heterocycles. The number of aromatic nitrogens is 1. The third-order valence-corrected chi connectivity index (χ3v) is 5.13. The zero-order valence-electron chi connectivity index (χ0n) is 14.3. The molecular formula is C20H19FN2O3. The van der Waals surface area contributed by atoms with Gasteiger partial charge in [-0.05, 0) is 56.0 Å². The molecule has 0 radical (unpaired) electrons. The van der Waals surface area contributed by atoms with Crippen LogP contribution in [0.3, 0.4) is 0 Å². The lowest BCUT2D eigenvalue weighted by atomic mass is 9.92. The van der Waals surface area contributed by atoms with Crippen molar-refractivity contribution < 1.29 is 14.0 Å². The Morgan fingerprint density at radius 1 is 0.962 bits per heavy atom. The second-order valence-corrected chi connectivity index (χ2v) is 6.81. The van der Waals surface area contributed by atoms with E-state index in [4.69, 9.17) is 0 Å². The van der Waals surface area contributed by atoms with Gasteiger partial charge in [0.1, 0.15) is 11.4 Å². The molecule has 1 amide bonds. The summed E-state index contributed by atoms with van der Waals surface area (Å²) in [5, 5.41) is 0. The zero-order valence-corrected chi connectivity index (χ0v) is 14.3. The SMILES string of the molecule is O=C1CCCc2c1cc(C(=O)N1CCCC1)c(=O)n2-c1ccc(F)cc1. The number of pyridine rings is 1. The van der Waals surface area contributed by atoms with Crippen LogP contribution in [0.1, 0.15) is 52.1 Å². The number of fused-ring (bicyclic) bond motifs is 1. The first-order valence-electron chi connectivity index (χ1n) is 8.93. The van der Waals surface area contributed by atoms with Gasteiger partial charge in [0, 0.05) is 36.5 Å². The van der Waals surface area contributed by atoms with Crippen LogP contribution in [0.5, 0.6) is 0 Å². The van der Waals surface area contributed by atoms with Crippen molar-refractivity contribution in [2.24, 2.45) is 0 Å². The van der Waals surface area contributed by atoms with Crippen molar-refractivity contribution in [1.29, 1.82) is 0 Å². The number of benzene rings is 1. The van der Waals surface area contributed by atoms with E-state index in [-0.39, 0.29) is 17.3 Å². The lowest BCUT2D eigenvalue weighted by molar-refractivity contribution is 0.0790. The highest BCUT2D eigenvalue weighted by molar-refractivity contribution is 6.02. The maximum atomic E-state index is 13.3. The first-order chi connectivity index (χ1) is 12.6. The summed E-state index contributed by atoms with van der Waals surface area (Å²) in [4.78, 5) is 40.1. The van der Waals surface area contributed by atoms with Crippen molar-refractivity contribution >= 4 is 11.7 Å². The molecule has 0 N–H and O–H groups in total. The number of ketones is 1.